The van der Waals surface area contributed by atoms with E-state index >= 15 is 0 Å². The Bertz CT molecular complexity index is 981. The fourth-order valence-electron chi connectivity index (χ4n) is 3.88. The monoisotopic (exact) mass is 421 g/mol. The number of likely N-dealkylation sites (tertiary alicyclic amines) is 1. The largest absolute Gasteiger partial charge is 0.415 e. The predicted octanol–water partition coefficient (Wildman–Crippen LogP) is 3.41. The molecule has 0 aliphatic carbocycles. The molecule has 0 N–H and O–H groups in total. The van der Waals surface area contributed by atoms with E-state index in [-0.39, 0.29) is 12.3 Å². The van der Waals surface area contributed by atoms with Crippen molar-refractivity contribution in [2.24, 2.45) is 5.41 Å². The van der Waals surface area contributed by atoms with Crippen molar-refractivity contribution in [3.63, 3.8) is 0 Å². The lowest BCUT2D eigenvalue weighted by Crippen LogP contribution is -2.50. The first-order valence-corrected chi connectivity index (χ1v) is 10.5. The Balaban J connectivity index is 1.55. The van der Waals surface area contributed by atoms with Crippen LogP contribution in [0.5, 0.6) is 5.75 Å². The maximum absolute atomic E-state index is 13.1. The number of hydrogen-bond acceptors (Lipinski definition) is 6. The first kappa shape index (κ1) is 21.1. The van der Waals surface area contributed by atoms with Gasteiger partial charge < -0.3 is 19.3 Å². The lowest BCUT2D eigenvalue weighted by atomic mass is 9.80. The molecule has 7 nitrogen and oxygen atoms in total. The number of ketones is 1. The second-order valence-corrected chi connectivity index (χ2v) is 8.44. The summed E-state index contributed by atoms with van der Waals surface area (Å²) in [7, 11) is 0. The number of carbonyl (C=O) groups is 2. The minimum absolute atomic E-state index is 0.0230. The van der Waals surface area contributed by atoms with Gasteiger partial charge in [-0.3, -0.25) is 4.79 Å². The molecule has 4 rings (SSSR count). The van der Waals surface area contributed by atoms with E-state index in [1.54, 1.807) is 23.1 Å². The fraction of sp³-hybridized carbons (Fsp3) is 0.375. The summed E-state index contributed by atoms with van der Waals surface area (Å²) >= 11 is 0. The zero-order chi connectivity index (χ0) is 21.8. The van der Waals surface area contributed by atoms with Crippen molar-refractivity contribution in [2.45, 2.75) is 13.8 Å². The molecule has 0 spiro atoms. The minimum atomic E-state index is -0.707. The Morgan fingerprint density at radius 3 is 2.58 bits per heavy atom. The number of rotatable bonds is 3. The zero-order valence-electron chi connectivity index (χ0n) is 17.9. The summed E-state index contributed by atoms with van der Waals surface area (Å²) in [5.74, 6) is 1.36. The highest BCUT2D eigenvalue weighted by Gasteiger charge is 2.40. The average molecular weight is 421 g/mol. The number of piperidine rings is 1. The van der Waals surface area contributed by atoms with Gasteiger partial charge in [0.2, 0.25) is 0 Å². The van der Waals surface area contributed by atoms with Gasteiger partial charge in [-0.05, 0) is 30.3 Å². The van der Waals surface area contributed by atoms with Gasteiger partial charge in [0.05, 0.1) is 25.5 Å². The molecular formula is C24H27N3O4. The summed E-state index contributed by atoms with van der Waals surface area (Å²) in [6, 6.07) is 14.7. The molecule has 0 unspecified atom stereocenters. The Morgan fingerprint density at radius 2 is 1.84 bits per heavy atom. The first-order chi connectivity index (χ1) is 14.9. The lowest BCUT2D eigenvalue weighted by Gasteiger charge is -2.37. The number of hydrogen-bond donors (Lipinski definition) is 0. The van der Waals surface area contributed by atoms with Gasteiger partial charge in [-0.2, -0.15) is 0 Å². The molecule has 1 amide bonds. The summed E-state index contributed by atoms with van der Waals surface area (Å²) in [6.45, 7) is 7.13. The highest BCUT2D eigenvalue weighted by atomic mass is 16.6. The second kappa shape index (κ2) is 8.89. The third-order valence-electron chi connectivity index (χ3n) is 5.47. The fourth-order valence-corrected chi connectivity index (χ4v) is 3.88. The molecule has 0 atom stereocenters. The van der Waals surface area contributed by atoms with Crippen LogP contribution in [0.15, 0.2) is 54.1 Å². The molecule has 2 fully saturated rings. The van der Waals surface area contributed by atoms with E-state index in [1.807, 2.05) is 50.2 Å². The number of benzene rings is 1. The van der Waals surface area contributed by atoms with Crippen LogP contribution in [-0.4, -0.2) is 61.2 Å². The van der Waals surface area contributed by atoms with Gasteiger partial charge in [0.1, 0.15) is 11.6 Å². The van der Waals surface area contributed by atoms with Crippen LogP contribution in [0, 0.1) is 5.41 Å². The molecule has 2 aromatic rings. The zero-order valence-corrected chi connectivity index (χ0v) is 17.9. The second-order valence-electron chi connectivity index (χ2n) is 8.44. The molecule has 31 heavy (non-hydrogen) atoms. The number of ether oxygens (including phenoxy) is 2. The number of para-hydroxylation sites is 1. The Labute approximate surface area is 182 Å². The third-order valence-corrected chi connectivity index (χ3v) is 5.47. The average Bonchev–Trinajstić information content (AvgIpc) is 2.78. The number of carbonyl (C=O) groups excluding carboxylic acids is 2. The molecule has 0 bridgehead atoms. The van der Waals surface area contributed by atoms with Crippen molar-refractivity contribution in [3.8, 4) is 5.75 Å². The predicted molar refractivity (Wildman–Crippen MR) is 118 cm³/mol. The smallest absolute Gasteiger partial charge is 0.410 e. The van der Waals surface area contributed by atoms with Crippen LogP contribution in [0.3, 0.4) is 0 Å². The first-order valence-electron chi connectivity index (χ1n) is 10.5. The Kier molecular flexibility index (Phi) is 6.04. The number of amides is 1. The topological polar surface area (TPSA) is 72.0 Å². The minimum Gasteiger partial charge on any atom is -0.410 e. The number of morpholine rings is 1. The summed E-state index contributed by atoms with van der Waals surface area (Å²) in [6.07, 6.45) is 1.32. The van der Waals surface area contributed by atoms with Crippen molar-refractivity contribution < 1.29 is 19.1 Å². The molecule has 162 valence electrons. The van der Waals surface area contributed by atoms with Gasteiger partial charge >= 0.3 is 6.09 Å². The van der Waals surface area contributed by atoms with Crippen molar-refractivity contribution in [3.05, 3.63) is 59.8 Å². The van der Waals surface area contributed by atoms with Crippen LogP contribution < -0.4 is 9.64 Å². The van der Waals surface area contributed by atoms with Crippen molar-refractivity contribution >= 4 is 23.8 Å². The van der Waals surface area contributed by atoms with Crippen LogP contribution in [0.25, 0.3) is 6.08 Å². The van der Waals surface area contributed by atoms with E-state index in [2.05, 4.69) is 4.90 Å². The summed E-state index contributed by atoms with van der Waals surface area (Å²) < 4.78 is 10.9. The molecular weight excluding hydrogens is 394 g/mol. The van der Waals surface area contributed by atoms with E-state index in [0.29, 0.717) is 36.8 Å². The van der Waals surface area contributed by atoms with E-state index in [9.17, 15) is 9.59 Å². The molecule has 2 saturated heterocycles. The van der Waals surface area contributed by atoms with Crippen molar-refractivity contribution in [1.29, 1.82) is 0 Å². The van der Waals surface area contributed by atoms with Crippen LogP contribution in [0.2, 0.25) is 0 Å². The molecule has 1 aromatic carbocycles. The molecule has 3 heterocycles. The van der Waals surface area contributed by atoms with Crippen LogP contribution >= 0.6 is 0 Å². The standard InChI is InChI=1S/C24H27N3O4/c1-24(2)17-27(23(29)31-20-8-4-3-5-9-20)16-18(22(24)28)15-19-7-6-10-21(25-19)26-11-13-30-14-12-26/h3-10,15H,11-14,16-17H2,1-2H3. The van der Waals surface area contributed by atoms with E-state index in [4.69, 9.17) is 14.5 Å². The molecule has 2 aliphatic rings. The molecule has 0 saturated carbocycles. The maximum atomic E-state index is 13.1. The lowest BCUT2D eigenvalue weighted by molar-refractivity contribution is -0.125. The molecule has 2 aliphatic heterocycles. The van der Waals surface area contributed by atoms with Gasteiger partial charge in [0.25, 0.3) is 0 Å². The van der Waals surface area contributed by atoms with E-state index in [1.165, 1.54) is 0 Å². The normalized spacial score (nSPS) is 20.1. The van der Waals surface area contributed by atoms with E-state index < -0.39 is 11.5 Å². The molecule has 1 aromatic heterocycles. The van der Waals surface area contributed by atoms with Crippen molar-refractivity contribution in [1.82, 2.24) is 9.88 Å². The van der Waals surface area contributed by atoms with Gasteiger partial charge in [0, 0.05) is 30.6 Å². The summed E-state index contributed by atoms with van der Waals surface area (Å²) in [5, 5.41) is 0. The van der Waals surface area contributed by atoms with Crippen LogP contribution in [0.4, 0.5) is 10.6 Å². The van der Waals surface area contributed by atoms with Gasteiger partial charge in [-0.25, -0.2) is 9.78 Å². The quantitative estimate of drug-likeness (QED) is 0.708. The number of anilines is 1. The number of nitrogens with zero attached hydrogens (tertiary/aromatic N) is 3. The maximum Gasteiger partial charge on any atom is 0.415 e. The summed E-state index contributed by atoms with van der Waals surface area (Å²) in [5.41, 5.74) is 0.538. The Morgan fingerprint density at radius 1 is 1.10 bits per heavy atom. The van der Waals surface area contributed by atoms with Gasteiger partial charge in [-0.15, -0.1) is 0 Å². The number of Topliss-reactive ketones (excluding diaryl/α,β-unsaturated/α-hetero) is 1. The van der Waals surface area contributed by atoms with Crippen LogP contribution in [-0.2, 0) is 9.53 Å². The van der Waals surface area contributed by atoms with Gasteiger partial charge in [0.15, 0.2) is 5.78 Å². The summed E-state index contributed by atoms with van der Waals surface area (Å²) in [4.78, 5) is 34.3. The van der Waals surface area contributed by atoms with E-state index in [0.717, 1.165) is 18.9 Å². The van der Waals surface area contributed by atoms with Crippen LogP contribution in [0.1, 0.15) is 19.5 Å². The highest BCUT2D eigenvalue weighted by molar-refractivity contribution is 6.05. The highest BCUT2D eigenvalue weighted by Crippen LogP contribution is 2.30. The number of pyridine rings is 1. The molecule has 0 radical (unpaired) electrons. The Hall–Kier alpha value is -3.19. The third kappa shape index (κ3) is 4.94. The molecule has 7 heteroatoms. The van der Waals surface area contributed by atoms with Crippen molar-refractivity contribution in [2.75, 3.05) is 44.3 Å². The SMILES string of the molecule is CC1(C)CN(C(=O)Oc2ccccc2)CC(=Cc2cccc(N3CCOCC3)n2)C1=O. The number of aromatic nitrogens is 1. The van der Waals surface area contributed by atoms with Gasteiger partial charge in [-0.1, -0.05) is 38.1 Å².